The lowest BCUT2D eigenvalue weighted by atomic mass is 9.84. The van der Waals surface area contributed by atoms with E-state index in [-0.39, 0.29) is 16.7 Å². The molecule has 12 aromatic carbocycles. The second-order valence-corrected chi connectivity index (χ2v) is 22.5. The Kier molecular flexibility index (Phi) is 16.3. The van der Waals surface area contributed by atoms with E-state index in [9.17, 15) is 38.6 Å². The Bertz CT molecular complexity index is 5210. The highest BCUT2D eigenvalue weighted by atomic mass is 19.2. The minimum atomic E-state index is -1.83. The van der Waals surface area contributed by atoms with Crippen molar-refractivity contribution in [3.63, 3.8) is 0 Å². The zero-order valence-corrected chi connectivity index (χ0v) is 49.2. The van der Waals surface area contributed by atoms with Crippen LogP contribution in [0.3, 0.4) is 0 Å². The van der Waals surface area contributed by atoms with Crippen molar-refractivity contribution in [1.82, 2.24) is 0 Å². The molecular formula is C82H44F8N4. The monoisotopic (exact) mass is 1240 g/mol. The molecular weight excluding hydrogens is 1190 g/mol. The lowest BCUT2D eigenvalue weighted by Crippen LogP contribution is -2.18. The average molecular weight is 1240 g/mol. The first kappa shape index (κ1) is 60.4. The Hall–Kier alpha value is -12.5. The molecule has 0 aromatic heterocycles. The van der Waals surface area contributed by atoms with Crippen molar-refractivity contribution in [2.45, 2.75) is 12.1 Å². The van der Waals surface area contributed by atoms with Gasteiger partial charge in [-0.15, -0.1) is 0 Å². The molecule has 2 unspecified atom stereocenters. The average Bonchev–Trinajstić information content (AvgIpc) is 0.776. The van der Waals surface area contributed by atoms with Crippen molar-refractivity contribution in [3.05, 3.63) is 323 Å². The summed E-state index contributed by atoms with van der Waals surface area (Å²) in [6.07, 6.45) is 0.724. The number of hydrogen-bond donors (Lipinski definition) is 0. The first-order valence-corrected chi connectivity index (χ1v) is 29.5. The van der Waals surface area contributed by atoms with Gasteiger partial charge in [-0.2, -0.15) is 21.0 Å². The fourth-order valence-electron chi connectivity index (χ4n) is 12.1. The minimum Gasteiger partial charge on any atom is -0.240 e. The molecule has 0 heterocycles. The molecule has 0 spiro atoms. The molecule has 2 atom stereocenters. The van der Waals surface area contributed by atoms with Crippen LogP contribution in [0.2, 0.25) is 0 Å². The molecule has 0 radical (unpaired) electrons. The number of hydrogen-bond acceptors (Lipinski definition) is 4. The van der Waals surface area contributed by atoms with Crippen LogP contribution >= 0.6 is 0 Å². The van der Waals surface area contributed by atoms with Crippen LogP contribution in [0.1, 0.15) is 28.2 Å². The zero-order chi connectivity index (χ0) is 65.3. The Balaban J connectivity index is 0.907. The molecule has 0 amide bonds. The number of nitriles is 4. The second kappa shape index (κ2) is 25.4. The van der Waals surface area contributed by atoms with Crippen LogP contribution in [0.5, 0.6) is 0 Å². The van der Waals surface area contributed by atoms with Gasteiger partial charge in [-0.25, -0.2) is 35.1 Å². The van der Waals surface area contributed by atoms with Crippen LogP contribution in [-0.4, -0.2) is 6.17 Å². The van der Waals surface area contributed by atoms with Gasteiger partial charge < -0.3 is 0 Å². The van der Waals surface area contributed by atoms with E-state index in [4.69, 9.17) is 0 Å². The third-order valence-corrected chi connectivity index (χ3v) is 17.2. The smallest absolute Gasteiger partial charge is 0.151 e. The highest BCUT2D eigenvalue weighted by Crippen LogP contribution is 2.45. The normalized spacial score (nSPS) is 13.4. The van der Waals surface area contributed by atoms with Crippen molar-refractivity contribution < 1.29 is 35.1 Å². The number of allylic oxidation sites excluding steroid dienone is 4. The number of benzene rings is 12. The molecule has 0 bridgehead atoms. The van der Waals surface area contributed by atoms with Gasteiger partial charge in [0.2, 0.25) is 0 Å². The Morgan fingerprint density at radius 2 is 0.479 bits per heavy atom. The highest BCUT2D eigenvalue weighted by Gasteiger charge is 2.30. The number of halogens is 8. The topological polar surface area (TPSA) is 95.2 Å². The SMILES string of the molecule is N#CC1=C(F)C=CC(c2ccc(-c3ccc(-c4cc(-c5ccc(-c6ccc(-c7ccc(F)c(C#N)c7F)cc6)cc5)c(-c5ccc(-c6ccc(-c7ccc(F)c(C#N)c7F)cc6)cc5)cc4-c4ccc(-c5ccc(-c6ccc(F)c(C#N)c6F)cc5)cc4)cc3)cc2)C1F. The summed E-state index contributed by atoms with van der Waals surface area (Å²) in [5.74, 6) is -7.36. The van der Waals surface area contributed by atoms with Gasteiger partial charge in [-0.3, -0.25) is 0 Å². The summed E-state index contributed by atoms with van der Waals surface area (Å²) >= 11 is 0. The Morgan fingerprint density at radius 3 is 0.713 bits per heavy atom. The number of nitrogens with zero attached hydrogens (tertiary/aromatic N) is 4. The van der Waals surface area contributed by atoms with E-state index in [0.29, 0.717) is 22.3 Å². The summed E-state index contributed by atoms with van der Waals surface area (Å²) in [6.45, 7) is 0. The van der Waals surface area contributed by atoms with Crippen molar-refractivity contribution in [3.8, 4) is 147 Å². The third kappa shape index (κ3) is 11.4. The molecule has 1 aliphatic carbocycles. The maximum absolute atomic E-state index is 15.4. The van der Waals surface area contributed by atoms with E-state index in [1.807, 2.05) is 146 Å². The lowest BCUT2D eigenvalue weighted by molar-refractivity contribution is 0.348. The first-order chi connectivity index (χ1) is 45.7. The molecule has 12 aromatic rings. The zero-order valence-electron chi connectivity index (χ0n) is 49.2. The molecule has 0 N–H and O–H groups in total. The lowest BCUT2D eigenvalue weighted by Gasteiger charge is -2.21. The quantitative estimate of drug-likeness (QED) is 0.114. The predicted molar refractivity (Wildman–Crippen MR) is 351 cm³/mol. The van der Waals surface area contributed by atoms with Gasteiger partial charge in [-0.05, 0) is 166 Å². The number of rotatable bonds is 12. The van der Waals surface area contributed by atoms with Crippen LogP contribution in [0.4, 0.5) is 35.1 Å². The maximum atomic E-state index is 15.4. The maximum Gasteiger partial charge on any atom is 0.151 e. The minimum absolute atomic E-state index is 0.0935. The van der Waals surface area contributed by atoms with Gasteiger partial charge >= 0.3 is 0 Å². The van der Waals surface area contributed by atoms with Crippen molar-refractivity contribution in [2.75, 3.05) is 0 Å². The standard InChI is InChI=1S/C82H44F8N4/c83-75-37-33-63(79(87)71(75)43-91)55-17-1-47(2-18-55)51-9-25-59(26-10-51)67-41-69(61-29-13-53(14-30-61)49-5-21-57(22-6-49)65-35-39-77(85)73(45-93)81(65)89)70(62-31-15-54(16-32-62)50-7-23-58(24-8-50)66-36-40-78(86)74(46-94)82(66)90)42-68(67)60-27-11-52(12-28-60)48-3-19-56(20-4-48)64-34-38-76(84)72(44-92)80(64)88/h1-42,63,79H. The van der Waals surface area contributed by atoms with E-state index < -0.39 is 75.1 Å². The molecule has 1 aliphatic rings. The van der Waals surface area contributed by atoms with Crippen LogP contribution in [-0.2, 0) is 0 Å². The van der Waals surface area contributed by atoms with Gasteiger partial charge in [0.1, 0.15) is 76.0 Å². The van der Waals surface area contributed by atoms with Gasteiger partial charge in [0.25, 0.3) is 0 Å². The summed E-state index contributed by atoms with van der Waals surface area (Å²) in [6, 6.07) is 78.6. The van der Waals surface area contributed by atoms with Gasteiger partial charge in [0.15, 0.2) is 17.5 Å². The van der Waals surface area contributed by atoms with Crippen molar-refractivity contribution >= 4 is 0 Å². The summed E-state index contributed by atoms with van der Waals surface area (Å²) in [5, 5.41) is 37.7. The largest absolute Gasteiger partial charge is 0.240 e. The molecule has 0 saturated heterocycles. The van der Waals surface area contributed by atoms with Crippen molar-refractivity contribution in [2.24, 2.45) is 0 Å². The van der Waals surface area contributed by atoms with E-state index in [1.165, 1.54) is 24.3 Å². The van der Waals surface area contributed by atoms with Crippen molar-refractivity contribution in [1.29, 1.82) is 21.0 Å². The van der Waals surface area contributed by atoms with Crippen LogP contribution < -0.4 is 0 Å². The van der Waals surface area contributed by atoms with E-state index >= 15 is 17.6 Å². The molecule has 0 aliphatic heterocycles. The van der Waals surface area contributed by atoms with Crippen LogP contribution in [0.15, 0.2) is 266 Å². The molecule has 448 valence electrons. The van der Waals surface area contributed by atoms with E-state index in [2.05, 4.69) is 12.1 Å². The summed E-state index contributed by atoms with van der Waals surface area (Å²) in [5.41, 5.74) is 13.3. The Morgan fingerprint density at radius 1 is 0.255 bits per heavy atom. The van der Waals surface area contributed by atoms with E-state index in [1.54, 1.807) is 72.8 Å². The van der Waals surface area contributed by atoms with Gasteiger partial charge in [0.05, 0.1) is 0 Å². The summed E-state index contributed by atoms with van der Waals surface area (Å²) < 4.78 is 118. The number of alkyl halides is 1. The molecule has 13 rings (SSSR count). The first-order valence-electron chi connectivity index (χ1n) is 29.5. The fraction of sp³-hybridized carbons (Fsp3) is 0.0244. The summed E-state index contributed by atoms with van der Waals surface area (Å²) in [7, 11) is 0. The molecule has 4 nitrogen and oxygen atoms in total. The van der Waals surface area contributed by atoms with Gasteiger partial charge in [0, 0.05) is 22.6 Å². The third-order valence-electron chi connectivity index (χ3n) is 17.2. The second-order valence-electron chi connectivity index (χ2n) is 22.5. The molecule has 0 fully saturated rings. The molecule has 12 heteroatoms. The highest BCUT2D eigenvalue weighted by molar-refractivity contribution is 5.96. The molecule has 0 saturated carbocycles. The Labute approximate surface area is 535 Å². The predicted octanol–water partition coefficient (Wildman–Crippen LogP) is 22.2. The van der Waals surface area contributed by atoms with Gasteiger partial charge in [-0.1, -0.05) is 200 Å². The fourth-order valence-corrected chi connectivity index (χ4v) is 12.1. The summed E-state index contributed by atoms with van der Waals surface area (Å²) in [4.78, 5) is 0. The van der Waals surface area contributed by atoms with E-state index in [0.717, 1.165) is 113 Å². The van der Waals surface area contributed by atoms with Crippen LogP contribution in [0.25, 0.3) is 122 Å². The van der Waals surface area contributed by atoms with Crippen LogP contribution in [0, 0.1) is 80.2 Å². The molecule has 94 heavy (non-hydrogen) atoms.